The molecule has 7 rings (SSSR count). The van der Waals surface area contributed by atoms with Crippen molar-refractivity contribution in [1.82, 2.24) is 10.3 Å². The molecule has 3 aliphatic rings. The SMILES string of the molecule is CNC(=O)c1cc(F)cc(-c2cc3c(c(C(=O)[C@]45CC4[C@@]5(CO)Cc4c[nH]c5ccccc45)c2)OC(C)(C)C=C3)c1. The number of ketones is 1. The molecule has 2 aliphatic carbocycles. The predicted octanol–water partition coefficient (Wildman–Crippen LogP) is 5.94. The number of benzene rings is 3. The Kier molecular flexibility index (Phi) is 5.42. The Hall–Kier alpha value is -4.23. The van der Waals surface area contributed by atoms with E-state index in [4.69, 9.17) is 4.74 Å². The van der Waals surface area contributed by atoms with Crippen molar-refractivity contribution in [1.29, 1.82) is 0 Å². The fraction of sp³-hybridized carbons (Fsp3) is 0.294. The number of H-pyrrole nitrogens is 1. The molecule has 3 atom stereocenters. The number of Topliss-reactive ketones (excluding diaryl/α,β-unsaturated/α-hetero) is 1. The van der Waals surface area contributed by atoms with E-state index in [0.717, 1.165) is 22.0 Å². The van der Waals surface area contributed by atoms with Gasteiger partial charge in [-0.15, -0.1) is 0 Å². The summed E-state index contributed by atoms with van der Waals surface area (Å²) in [4.78, 5) is 30.1. The lowest BCUT2D eigenvalue weighted by Gasteiger charge is -2.31. The van der Waals surface area contributed by atoms with Gasteiger partial charge >= 0.3 is 0 Å². The molecular weight excluding hydrogens is 519 g/mol. The Morgan fingerprint density at radius 1 is 1.12 bits per heavy atom. The highest BCUT2D eigenvalue weighted by molar-refractivity contribution is 6.10. The molecule has 6 nitrogen and oxygen atoms in total. The van der Waals surface area contributed by atoms with Gasteiger partial charge in [0.15, 0.2) is 5.78 Å². The van der Waals surface area contributed by atoms with Crippen molar-refractivity contribution in [3.05, 3.63) is 94.9 Å². The fourth-order valence-electron chi connectivity index (χ4n) is 7.06. The van der Waals surface area contributed by atoms with Crippen LogP contribution in [-0.4, -0.2) is 41.0 Å². The summed E-state index contributed by atoms with van der Waals surface area (Å²) in [6.07, 6.45) is 7.15. The number of aromatic nitrogens is 1. The van der Waals surface area contributed by atoms with Gasteiger partial charge in [0.1, 0.15) is 17.2 Å². The number of ether oxygens (including phenoxy) is 1. The summed E-state index contributed by atoms with van der Waals surface area (Å²) in [5.74, 6) is -0.404. The summed E-state index contributed by atoms with van der Waals surface area (Å²) in [5.41, 5.74) is 2.75. The van der Waals surface area contributed by atoms with Crippen LogP contribution >= 0.6 is 0 Å². The van der Waals surface area contributed by atoms with Crippen LogP contribution in [0, 0.1) is 22.6 Å². The molecule has 0 radical (unpaired) electrons. The topological polar surface area (TPSA) is 91.4 Å². The molecule has 41 heavy (non-hydrogen) atoms. The Morgan fingerprint density at radius 3 is 2.66 bits per heavy atom. The Morgan fingerprint density at radius 2 is 1.90 bits per heavy atom. The molecule has 0 bridgehead atoms. The van der Waals surface area contributed by atoms with Crippen LogP contribution in [0.25, 0.3) is 28.1 Å². The number of hydrogen-bond acceptors (Lipinski definition) is 4. The lowest BCUT2D eigenvalue weighted by Crippen LogP contribution is -2.31. The maximum Gasteiger partial charge on any atom is 0.251 e. The molecule has 1 aromatic heterocycles. The molecule has 208 valence electrons. The normalized spacial score (nSPS) is 24.8. The van der Waals surface area contributed by atoms with Crippen molar-refractivity contribution >= 4 is 28.7 Å². The van der Waals surface area contributed by atoms with Gasteiger partial charge in [0, 0.05) is 46.1 Å². The summed E-state index contributed by atoms with van der Waals surface area (Å²) in [6.45, 7) is 3.78. The van der Waals surface area contributed by atoms with Crippen LogP contribution in [0.15, 0.2) is 66.9 Å². The number of halogens is 1. The van der Waals surface area contributed by atoms with Crippen molar-refractivity contribution in [2.45, 2.75) is 32.3 Å². The van der Waals surface area contributed by atoms with Gasteiger partial charge in [-0.1, -0.05) is 24.3 Å². The third-order valence-electron chi connectivity index (χ3n) is 9.41. The molecule has 3 N–H and O–H groups in total. The van der Waals surface area contributed by atoms with Crippen molar-refractivity contribution in [2.75, 3.05) is 13.7 Å². The number of fused-ring (bicyclic) bond motifs is 3. The molecule has 7 heteroatoms. The van der Waals surface area contributed by atoms with Crippen molar-refractivity contribution in [3.63, 3.8) is 0 Å². The molecule has 2 saturated carbocycles. The van der Waals surface area contributed by atoms with Gasteiger partial charge in [-0.05, 0) is 91.8 Å². The van der Waals surface area contributed by atoms with Gasteiger partial charge in [-0.2, -0.15) is 0 Å². The minimum Gasteiger partial charge on any atom is -0.482 e. The van der Waals surface area contributed by atoms with E-state index in [0.29, 0.717) is 35.3 Å². The zero-order valence-corrected chi connectivity index (χ0v) is 23.2. The average molecular weight is 551 g/mol. The number of carbonyl (C=O) groups is 2. The second kappa shape index (κ2) is 8.63. The highest BCUT2D eigenvalue weighted by Crippen LogP contribution is 2.89. The molecular formula is C34H31FN2O4. The largest absolute Gasteiger partial charge is 0.482 e. The van der Waals surface area contributed by atoms with Crippen molar-refractivity contribution in [3.8, 4) is 16.9 Å². The highest BCUT2D eigenvalue weighted by Gasteiger charge is 2.91. The van der Waals surface area contributed by atoms with Gasteiger partial charge in [0.05, 0.1) is 12.2 Å². The zero-order valence-electron chi connectivity index (χ0n) is 23.2. The van der Waals surface area contributed by atoms with E-state index in [1.807, 2.05) is 56.5 Å². The summed E-state index contributed by atoms with van der Waals surface area (Å²) in [6, 6.07) is 15.8. The quantitative estimate of drug-likeness (QED) is 0.248. The number of amides is 1. The van der Waals surface area contributed by atoms with E-state index >= 15 is 0 Å². The molecule has 2 heterocycles. The second-order valence-electron chi connectivity index (χ2n) is 12.2. The van der Waals surface area contributed by atoms with Crippen LogP contribution in [-0.2, 0) is 6.42 Å². The van der Waals surface area contributed by atoms with E-state index in [1.165, 1.54) is 19.2 Å². The summed E-state index contributed by atoms with van der Waals surface area (Å²) < 4.78 is 21.0. The predicted molar refractivity (Wildman–Crippen MR) is 155 cm³/mol. The zero-order chi connectivity index (χ0) is 28.7. The Labute approximate surface area is 237 Å². The standard InChI is InChI=1S/C34H31FN2O4/c1-32(2)9-8-19-10-21(20-11-22(31(40)36-3)13-24(35)12-20)14-26(29(19)41-32)30(39)34-16-28(34)33(34,18-38)15-23-17-37-27-7-5-4-6-25(23)27/h4-14,17,28,37-38H,15-16,18H2,1-3H3,(H,36,40)/t28?,33-,34-/m0/s1. The fourth-order valence-corrected chi connectivity index (χ4v) is 7.06. The van der Waals surface area contributed by atoms with E-state index in [9.17, 15) is 19.1 Å². The molecule has 2 fully saturated rings. The van der Waals surface area contributed by atoms with Gasteiger partial charge in [-0.3, -0.25) is 9.59 Å². The molecule has 1 aliphatic heterocycles. The summed E-state index contributed by atoms with van der Waals surface area (Å²) in [5, 5.41) is 14.3. The first-order valence-corrected chi connectivity index (χ1v) is 13.9. The first kappa shape index (κ1) is 25.7. The van der Waals surface area contributed by atoms with E-state index in [-0.39, 0.29) is 23.9 Å². The van der Waals surface area contributed by atoms with Gasteiger partial charge in [-0.25, -0.2) is 4.39 Å². The van der Waals surface area contributed by atoms with Crippen molar-refractivity contribution < 1.29 is 23.8 Å². The van der Waals surface area contributed by atoms with E-state index in [1.54, 1.807) is 12.1 Å². The molecule has 3 aromatic carbocycles. The molecule has 0 spiro atoms. The van der Waals surface area contributed by atoms with Crippen molar-refractivity contribution in [2.24, 2.45) is 16.7 Å². The van der Waals surface area contributed by atoms with Crippen LogP contribution in [0.4, 0.5) is 4.39 Å². The van der Waals surface area contributed by atoms with Crippen LogP contribution in [0.3, 0.4) is 0 Å². The highest BCUT2D eigenvalue weighted by atomic mass is 19.1. The second-order valence-corrected chi connectivity index (χ2v) is 12.2. The first-order chi connectivity index (χ1) is 19.6. The number of aliphatic hydroxyl groups is 1. The Bertz CT molecular complexity index is 1800. The van der Waals surface area contributed by atoms with E-state index in [2.05, 4.69) is 16.4 Å². The summed E-state index contributed by atoms with van der Waals surface area (Å²) >= 11 is 0. The van der Waals surface area contributed by atoms with Gasteiger partial charge < -0.3 is 20.1 Å². The van der Waals surface area contributed by atoms with Gasteiger partial charge in [0.2, 0.25) is 0 Å². The summed E-state index contributed by atoms with van der Waals surface area (Å²) in [7, 11) is 1.50. The smallest absolute Gasteiger partial charge is 0.251 e. The number of carbonyl (C=O) groups excluding carboxylic acids is 2. The average Bonchev–Trinajstić information content (AvgIpc) is 3.80. The van der Waals surface area contributed by atoms with Crippen LogP contribution in [0.2, 0.25) is 0 Å². The lowest BCUT2D eigenvalue weighted by molar-refractivity contribution is 0.0795. The number of rotatable bonds is 7. The third kappa shape index (κ3) is 3.72. The minimum atomic E-state index is -0.670. The maximum absolute atomic E-state index is 14.6. The third-order valence-corrected chi connectivity index (χ3v) is 9.41. The molecule has 0 saturated heterocycles. The molecule has 1 unspecified atom stereocenters. The molecule has 1 amide bonds. The minimum absolute atomic E-state index is 0.0523. The number of para-hydroxylation sites is 1. The molecule has 4 aromatic rings. The number of nitrogens with one attached hydrogen (secondary N) is 2. The maximum atomic E-state index is 14.6. The number of aromatic amines is 1. The van der Waals surface area contributed by atoms with Crippen LogP contribution < -0.4 is 10.1 Å². The van der Waals surface area contributed by atoms with E-state index < -0.39 is 28.2 Å². The lowest BCUT2D eigenvalue weighted by atomic mass is 9.78. The first-order valence-electron chi connectivity index (χ1n) is 13.9. The monoisotopic (exact) mass is 550 g/mol. The van der Waals surface area contributed by atoms with Gasteiger partial charge in [0.25, 0.3) is 5.91 Å². The number of hydrogen-bond donors (Lipinski definition) is 3. The number of aliphatic hydroxyl groups excluding tert-OH is 1. The van der Waals surface area contributed by atoms with Crippen LogP contribution in [0.5, 0.6) is 5.75 Å². The Balaban J connectivity index is 1.32. The van der Waals surface area contributed by atoms with Crippen LogP contribution in [0.1, 0.15) is 52.1 Å².